The Hall–Kier alpha value is -3.15. The van der Waals surface area contributed by atoms with E-state index in [4.69, 9.17) is 9.26 Å². The number of aromatic nitrogens is 2. The molecule has 1 aromatic heterocycles. The highest BCUT2D eigenvalue weighted by molar-refractivity contribution is 5.72. The average molecular weight is 352 g/mol. The molecule has 1 heterocycles. The SMILES string of the molecule is CCc1ccc(-c2noc(COc3ccc(CC(=O)OC)cc3)n2)cc1. The van der Waals surface area contributed by atoms with Gasteiger partial charge in [0.25, 0.3) is 5.89 Å². The van der Waals surface area contributed by atoms with Crippen molar-refractivity contribution in [2.24, 2.45) is 0 Å². The molecule has 0 spiro atoms. The third-order valence-electron chi connectivity index (χ3n) is 3.95. The van der Waals surface area contributed by atoms with Crippen LogP contribution in [-0.2, 0) is 29.0 Å². The van der Waals surface area contributed by atoms with Gasteiger partial charge in [0.05, 0.1) is 13.5 Å². The van der Waals surface area contributed by atoms with E-state index in [0.29, 0.717) is 17.5 Å². The summed E-state index contributed by atoms with van der Waals surface area (Å²) in [5.41, 5.74) is 3.03. The lowest BCUT2D eigenvalue weighted by Crippen LogP contribution is -2.04. The van der Waals surface area contributed by atoms with Crippen molar-refractivity contribution in [3.05, 3.63) is 65.5 Å². The van der Waals surface area contributed by atoms with Crippen molar-refractivity contribution < 1.29 is 18.8 Å². The molecule has 26 heavy (non-hydrogen) atoms. The van der Waals surface area contributed by atoms with E-state index in [0.717, 1.165) is 17.5 Å². The molecule has 0 unspecified atom stereocenters. The van der Waals surface area contributed by atoms with Crippen molar-refractivity contribution in [1.29, 1.82) is 0 Å². The number of carbonyl (C=O) groups is 1. The lowest BCUT2D eigenvalue weighted by Gasteiger charge is -2.04. The monoisotopic (exact) mass is 352 g/mol. The zero-order valence-corrected chi connectivity index (χ0v) is 14.8. The molecule has 0 aliphatic carbocycles. The van der Waals surface area contributed by atoms with Crippen LogP contribution in [0.25, 0.3) is 11.4 Å². The van der Waals surface area contributed by atoms with Gasteiger partial charge in [-0.25, -0.2) is 0 Å². The van der Waals surface area contributed by atoms with Gasteiger partial charge in [0.15, 0.2) is 6.61 Å². The predicted molar refractivity (Wildman–Crippen MR) is 95.6 cm³/mol. The summed E-state index contributed by atoms with van der Waals surface area (Å²) in [5.74, 6) is 1.33. The van der Waals surface area contributed by atoms with E-state index >= 15 is 0 Å². The molecular weight excluding hydrogens is 332 g/mol. The Morgan fingerprint density at radius 3 is 2.38 bits per heavy atom. The highest BCUT2D eigenvalue weighted by atomic mass is 16.5. The Bertz CT molecular complexity index is 854. The topological polar surface area (TPSA) is 74.5 Å². The summed E-state index contributed by atoms with van der Waals surface area (Å²) >= 11 is 0. The lowest BCUT2D eigenvalue weighted by molar-refractivity contribution is -0.139. The number of hydrogen-bond donors (Lipinski definition) is 0. The maximum absolute atomic E-state index is 11.3. The molecule has 0 aliphatic heterocycles. The zero-order valence-electron chi connectivity index (χ0n) is 14.8. The summed E-state index contributed by atoms with van der Waals surface area (Å²) < 4.78 is 15.5. The zero-order chi connectivity index (χ0) is 18.4. The van der Waals surface area contributed by atoms with E-state index in [9.17, 15) is 4.79 Å². The molecule has 0 amide bonds. The first-order valence-corrected chi connectivity index (χ1v) is 8.38. The smallest absolute Gasteiger partial charge is 0.309 e. The second kappa shape index (κ2) is 8.29. The van der Waals surface area contributed by atoms with Gasteiger partial charge in [-0.05, 0) is 29.7 Å². The summed E-state index contributed by atoms with van der Waals surface area (Å²) in [5, 5.41) is 3.99. The molecule has 0 fully saturated rings. The van der Waals surface area contributed by atoms with Gasteiger partial charge in [-0.3, -0.25) is 4.79 Å². The van der Waals surface area contributed by atoms with Gasteiger partial charge in [-0.1, -0.05) is 48.5 Å². The van der Waals surface area contributed by atoms with E-state index in [1.807, 2.05) is 24.3 Å². The molecule has 3 aromatic rings. The molecule has 6 heteroatoms. The van der Waals surface area contributed by atoms with Crippen molar-refractivity contribution in [2.45, 2.75) is 26.4 Å². The van der Waals surface area contributed by atoms with Crippen LogP contribution >= 0.6 is 0 Å². The van der Waals surface area contributed by atoms with E-state index in [1.54, 1.807) is 12.1 Å². The van der Waals surface area contributed by atoms with Crippen LogP contribution < -0.4 is 4.74 Å². The van der Waals surface area contributed by atoms with Crippen LogP contribution in [0.5, 0.6) is 5.75 Å². The minimum atomic E-state index is -0.274. The quantitative estimate of drug-likeness (QED) is 0.605. The van der Waals surface area contributed by atoms with Crippen molar-refractivity contribution in [3.63, 3.8) is 0 Å². The highest BCUT2D eigenvalue weighted by Crippen LogP contribution is 2.18. The van der Waals surface area contributed by atoms with Crippen molar-refractivity contribution in [3.8, 4) is 17.1 Å². The number of esters is 1. The summed E-state index contributed by atoms with van der Waals surface area (Å²) in [6.07, 6.45) is 1.23. The number of rotatable bonds is 7. The number of methoxy groups -OCH3 is 1. The van der Waals surface area contributed by atoms with Gasteiger partial charge < -0.3 is 14.0 Å². The van der Waals surface area contributed by atoms with E-state index in [-0.39, 0.29) is 19.0 Å². The van der Waals surface area contributed by atoms with E-state index in [1.165, 1.54) is 12.7 Å². The molecule has 6 nitrogen and oxygen atoms in total. The van der Waals surface area contributed by atoms with Crippen LogP contribution in [-0.4, -0.2) is 23.2 Å². The third kappa shape index (κ3) is 4.47. The molecule has 0 bridgehead atoms. The number of aryl methyl sites for hydroxylation is 1. The Morgan fingerprint density at radius 2 is 1.73 bits per heavy atom. The fraction of sp³-hybridized carbons (Fsp3) is 0.250. The maximum Gasteiger partial charge on any atom is 0.309 e. The molecule has 0 saturated heterocycles. The molecule has 0 aliphatic rings. The van der Waals surface area contributed by atoms with Gasteiger partial charge in [0, 0.05) is 5.56 Å². The lowest BCUT2D eigenvalue weighted by atomic mass is 10.1. The van der Waals surface area contributed by atoms with Crippen LogP contribution in [0.2, 0.25) is 0 Å². The maximum atomic E-state index is 11.3. The standard InChI is InChI=1S/C20H20N2O4/c1-3-14-4-8-16(9-5-14)20-21-18(26-22-20)13-25-17-10-6-15(7-11-17)12-19(23)24-2/h4-11H,3,12-13H2,1-2H3. The summed E-state index contributed by atoms with van der Waals surface area (Å²) in [4.78, 5) is 15.6. The first-order valence-electron chi connectivity index (χ1n) is 8.38. The van der Waals surface area contributed by atoms with E-state index < -0.39 is 0 Å². The number of nitrogens with zero attached hydrogens (tertiary/aromatic N) is 2. The second-order valence-electron chi connectivity index (χ2n) is 5.75. The minimum Gasteiger partial charge on any atom is -0.484 e. The number of hydrogen-bond acceptors (Lipinski definition) is 6. The first-order chi connectivity index (χ1) is 12.7. The fourth-order valence-corrected chi connectivity index (χ4v) is 2.41. The molecule has 0 saturated carbocycles. The van der Waals surface area contributed by atoms with Crippen molar-refractivity contribution in [1.82, 2.24) is 10.1 Å². The molecule has 0 N–H and O–H groups in total. The first kappa shape index (κ1) is 17.7. The second-order valence-corrected chi connectivity index (χ2v) is 5.75. The molecular formula is C20H20N2O4. The molecule has 0 radical (unpaired) electrons. The molecule has 2 aromatic carbocycles. The van der Waals surface area contributed by atoms with Crippen LogP contribution in [0.3, 0.4) is 0 Å². The molecule has 0 atom stereocenters. The van der Waals surface area contributed by atoms with Gasteiger partial charge in [0.1, 0.15) is 5.75 Å². The Morgan fingerprint density at radius 1 is 1.04 bits per heavy atom. The fourth-order valence-electron chi connectivity index (χ4n) is 2.41. The number of carbonyl (C=O) groups excluding carboxylic acids is 1. The molecule has 134 valence electrons. The van der Waals surface area contributed by atoms with Gasteiger partial charge in [0.2, 0.25) is 5.82 Å². The minimum absolute atomic E-state index is 0.177. The van der Waals surface area contributed by atoms with Crippen molar-refractivity contribution >= 4 is 5.97 Å². The van der Waals surface area contributed by atoms with Crippen LogP contribution in [0.4, 0.5) is 0 Å². The van der Waals surface area contributed by atoms with Crippen LogP contribution in [0.15, 0.2) is 53.1 Å². The number of benzene rings is 2. The van der Waals surface area contributed by atoms with Crippen LogP contribution in [0, 0.1) is 0 Å². The summed E-state index contributed by atoms with van der Waals surface area (Å²) in [7, 11) is 1.37. The largest absolute Gasteiger partial charge is 0.484 e. The Balaban J connectivity index is 1.58. The highest BCUT2D eigenvalue weighted by Gasteiger charge is 2.09. The Labute approximate surface area is 151 Å². The normalized spacial score (nSPS) is 10.5. The van der Waals surface area contributed by atoms with Crippen LogP contribution in [0.1, 0.15) is 23.9 Å². The van der Waals surface area contributed by atoms with Gasteiger partial charge in [-0.2, -0.15) is 4.98 Å². The summed E-state index contributed by atoms with van der Waals surface area (Å²) in [6, 6.07) is 15.3. The third-order valence-corrected chi connectivity index (χ3v) is 3.95. The van der Waals surface area contributed by atoms with Crippen molar-refractivity contribution in [2.75, 3.05) is 7.11 Å². The van der Waals surface area contributed by atoms with Gasteiger partial charge in [-0.15, -0.1) is 0 Å². The van der Waals surface area contributed by atoms with Gasteiger partial charge >= 0.3 is 5.97 Å². The predicted octanol–water partition coefficient (Wildman–Crippen LogP) is 3.59. The molecule has 3 rings (SSSR count). The summed E-state index contributed by atoms with van der Waals surface area (Å²) in [6.45, 7) is 2.29. The Kier molecular flexibility index (Phi) is 5.63. The number of ether oxygens (including phenoxy) is 2. The average Bonchev–Trinajstić information content (AvgIpc) is 3.16. The van der Waals surface area contributed by atoms with E-state index in [2.05, 4.69) is 33.9 Å².